The summed E-state index contributed by atoms with van der Waals surface area (Å²) in [6, 6.07) is 8.52. The molecule has 1 aromatic rings. The third-order valence-electron chi connectivity index (χ3n) is 4.16. The summed E-state index contributed by atoms with van der Waals surface area (Å²) < 4.78 is 0. The molecule has 1 N–H and O–H groups in total. The minimum Gasteiger partial charge on any atom is -0.395 e. The molecule has 1 aliphatic rings. The second-order valence-corrected chi connectivity index (χ2v) is 6.11. The van der Waals surface area contributed by atoms with E-state index in [1.807, 2.05) is 18.2 Å². The Hall–Kier alpha value is -1.65. The topological polar surface area (TPSA) is 43.8 Å². The molecule has 1 aliphatic heterocycles. The minimum atomic E-state index is -0.0122. The average molecular weight is 302 g/mol. The highest BCUT2D eigenvalue weighted by Crippen LogP contribution is 2.20. The maximum Gasteiger partial charge on any atom is 0.246 e. The summed E-state index contributed by atoms with van der Waals surface area (Å²) in [5, 5.41) is 9.50. The van der Waals surface area contributed by atoms with Crippen LogP contribution in [0.25, 0.3) is 6.08 Å². The number of aliphatic hydroxyl groups is 1. The van der Waals surface area contributed by atoms with Crippen LogP contribution in [0.2, 0.25) is 0 Å². The standard InChI is InChI=1S/C18H26N2O2/c1-19(2)18(22)10-9-15-6-5-7-16(12-15)13-20-11-4-3-8-17(20)14-21/h5-7,9-10,12,17,21H,3-4,8,11,13-14H2,1-2H3. The molecule has 0 aliphatic carbocycles. The lowest BCUT2D eigenvalue weighted by Gasteiger charge is -2.34. The van der Waals surface area contributed by atoms with E-state index in [0.29, 0.717) is 0 Å². The normalized spacial score (nSPS) is 19.5. The van der Waals surface area contributed by atoms with Gasteiger partial charge in [0.1, 0.15) is 0 Å². The molecule has 1 heterocycles. The van der Waals surface area contributed by atoms with Crippen LogP contribution in [0.15, 0.2) is 30.3 Å². The van der Waals surface area contributed by atoms with Crippen LogP contribution < -0.4 is 0 Å². The molecule has 120 valence electrons. The van der Waals surface area contributed by atoms with Gasteiger partial charge in [0.2, 0.25) is 5.91 Å². The Morgan fingerprint density at radius 3 is 2.95 bits per heavy atom. The first-order chi connectivity index (χ1) is 10.6. The first-order valence-electron chi connectivity index (χ1n) is 7.93. The predicted molar refractivity (Wildman–Crippen MR) is 89.3 cm³/mol. The Labute approximate surface area is 133 Å². The molecule has 1 unspecified atom stereocenters. The zero-order chi connectivity index (χ0) is 15.9. The van der Waals surface area contributed by atoms with Crippen LogP contribution in [0.5, 0.6) is 0 Å². The van der Waals surface area contributed by atoms with Gasteiger partial charge in [-0.15, -0.1) is 0 Å². The number of nitrogens with zero attached hydrogens (tertiary/aromatic N) is 2. The fraction of sp³-hybridized carbons (Fsp3) is 0.500. The fourth-order valence-electron chi connectivity index (χ4n) is 2.82. The quantitative estimate of drug-likeness (QED) is 0.848. The van der Waals surface area contributed by atoms with Crippen molar-refractivity contribution in [1.29, 1.82) is 0 Å². The lowest BCUT2D eigenvalue weighted by molar-refractivity contribution is -0.123. The maximum absolute atomic E-state index is 11.6. The van der Waals surface area contributed by atoms with Crippen molar-refractivity contribution in [2.45, 2.75) is 31.8 Å². The monoisotopic (exact) mass is 302 g/mol. The lowest BCUT2D eigenvalue weighted by Crippen LogP contribution is -2.41. The summed E-state index contributed by atoms with van der Waals surface area (Å²) in [7, 11) is 3.49. The Morgan fingerprint density at radius 2 is 2.23 bits per heavy atom. The van der Waals surface area contributed by atoms with Crippen molar-refractivity contribution in [1.82, 2.24) is 9.80 Å². The number of likely N-dealkylation sites (N-methyl/N-ethyl adjacent to an activating group) is 1. The molecule has 0 radical (unpaired) electrons. The van der Waals surface area contributed by atoms with Crippen LogP contribution in [0, 0.1) is 0 Å². The first kappa shape index (κ1) is 16.7. The van der Waals surface area contributed by atoms with Gasteiger partial charge in [-0.05, 0) is 36.6 Å². The van der Waals surface area contributed by atoms with Crippen molar-refractivity contribution in [3.05, 3.63) is 41.5 Å². The Morgan fingerprint density at radius 1 is 1.41 bits per heavy atom. The molecule has 1 atom stereocenters. The number of carbonyl (C=O) groups excluding carboxylic acids is 1. The van der Waals surface area contributed by atoms with E-state index >= 15 is 0 Å². The number of carbonyl (C=O) groups is 1. The van der Waals surface area contributed by atoms with Gasteiger partial charge < -0.3 is 10.0 Å². The molecule has 4 heteroatoms. The SMILES string of the molecule is CN(C)C(=O)C=Cc1cccc(CN2CCCCC2CO)c1. The van der Waals surface area contributed by atoms with Crippen molar-refractivity contribution in [2.24, 2.45) is 0 Å². The Bertz CT molecular complexity index is 526. The zero-order valence-electron chi connectivity index (χ0n) is 13.5. The van der Waals surface area contributed by atoms with Crippen molar-refractivity contribution in [3.63, 3.8) is 0 Å². The summed E-state index contributed by atoms with van der Waals surface area (Å²) in [4.78, 5) is 15.5. The largest absolute Gasteiger partial charge is 0.395 e. The first-order valence-corrected chi connectivity index (χ1v) is 7.93. The lowest BCUT2D eigenvalue weighted by atomic mass is 10.0. The van der Waals surface area contributed by atoms with Crippen LogP contribution >= 0.6 is 0 Å². The second kappa shape index (κ2) is 8.11. The molecule has 1 aromatic carbocycles. The molecular weight excluding hydrogens is 276 g/mol. The highest BCUT2D eigenvalue weighted by atomic mass is 16.3. The van der Waals surface area contributed by atoms with Crippen molar-refractivity contribution >= 4 is 12.0 Å². The number of likely N-dealkylation sites (tertiary alicyclic amines) is 1. The van der Waals surface area contributed by atoms with E-state index in [1.54, 1.807) is 25.1 Å². The Kier molecular flexibility index (Phi) is 6.16. The van der Waals surface area contributed by atoms with Gasteiger partial charge in [-0.1, -0.05) is 30.7 Å². The van der Waals surface area contributed by atoms with Gasteiger partial charge in [-0.3, -0.25) is 9.69 Å². The summed E-state index contributed by atoms with van der Waals surface area (Å²) in [5.74, 6) is -0.0122. The highest BCUT2D eigenvalue weighted by Gasteiger charge is 2.21. The van der Waals surface area contributed by atoms with Gasteiger partial charge in [0.05, 0.1) is 6.61 Å². The number of hydrogen-bond acceptors (Lipinski definition) is 3. The highest BCUT2D eigenvalue weighted by molar-refractivity contribution is 5.91. The molecule has 22 heavy (non-hydrogen) atoms. The molecule has 0 aromatic heterocycles. The molecule has 1 fully saturated rings. The van der Waals surface area contributed by atoms with Crippen LogP contribution in [-0.4, -0.2) is 54.1 Å². The van der Waals surface area contributed by atoms with Gasteiger partial charge >= 0.3 is 0 Å². The third kappa shape index (κ3) is 4.68. The number of rotatable bonds is 5. The van der Waals surface area contributed by atoms with Crippen LogP contribution in [0.3, 0.4) is 0 Å². The number of benzene rings is 1. The minimum absolute atomic E-state index is 0.0122. The molecule has 1 amide bonds. The van der Waals surface area contributed by atoms with Gasteiger partial charge in [-0.2, -0.15) is 0 Å². The van der Waals surface area contributed by atoms with E-state index < -0.39 is 0 Å². The number of amides is 1. The molecule has 1 saturated heterocycles. The number of aliphatic hydroxyl groups excluding tert-OH is 1. The molecule has 2 rings (SSSR count). The van der Waals surface area contributed by atoms with Crippen LogP contribution in [0.4, 0.5) is 0 Å². The average Bonchev–Trinajstić information content (AvgIpc) is 2.53. The van der Waals surface area contributed by atoms with Gasteiger partial charge in [0.25, 0.3) is 0 Å². The van der Waals surface area contributed by atoms with Crippen molar-refractivity contribution in [2.75, 3.05) is 27.2 Å². The van der Waals surface area contributed by atoms with E-state index in [2.05, 4.69) is 17.0 Å². The summed E-state index contributed by atoms with van der Waals surface area (Å²) in [5.41, 5.74) is 2.25. The van der Waals surface area contributed by atoms with Gasteiger partial charge in [0.15, 0.2) is 0 Å². The van der Waals surface area contributed by atoms with E-state index in [-0.39, 0.29) is 18.6 Å². The number of piperidine rings is 1. The van der Waals surface area contributed by atoms with Gasteiger partial charge in [-0.25, -0.2) is 0 Å². The fourth-order valence-corrected chi connectivity index (χ4v) is 2.82. The van der Waals surface area contributed by atoms with Crippen molar-refractivity contribution < 1.29 is 9.90 Å². The van der Waals surface area contributed by atoms with Crippen LogP contribution in [-0.2, 0) is 11.3 Å². The van der Waals surface area contributed by atoms with E-state index in [9.17, 15) is 9.90 Å². The molecule has 0 bridgehead atoms. The summed E-state index contributed by atoms with van der Waals surface area (Å²) in [6.07, 6.45) is 6.93. The van der Waals surface area contributed by atoms with E-state index in [4.69, 9.17) is 0 Å². The third-order valence-corrected chi connectivity index (χ3v) is 4.16. The zero-order valence-corrected chi connectivity index (χ0v) is 13.5. The van der Waals surface area contributed by atoms with E-state index in [0.717, 1.165) is 25.1 Å². The van der Waals surface area contributed by atoms with Gasteiger partial charge in [0, 0.05) is 32.8 Å². The summed E-state index contributed by atoms with van der Waals surface area (Å²) in [6.45, 7) is 2.13. The van der Waals surface area contributed by atoms with Crippen molar-refractivity contribution in [3.8, 4) is 0 Å². The predicted octanol–water partition coefficient (Wildman–Crippen LogP) is 2.13. The smallest absolute Gasteiger partial charge is 0.246 e. The van der Waals surface area contributed by atoms with E-state index in [1.165, 1.54) is 18.4 Å². The second-order valence-electron chi connectivity index (χ2n) is 6.11. The Balaban J connectivity index is 2.03. The molecule has 0 saturated carbocycles. The molecular formula is C18H26N2O2. The molecule has 0 spiro atoms. The number of hydrogen-bond donors (Lipinski definition) is 1. The summed E-state index contributed by atoms with van der Waals surface area (Å²) >= 11 is 0. The maximum atomic E-state index is 11.6. The molecule has 4 nitrogen and oxygen atoms in total. The van der Waals surface area contributed by atoms with Crippen LogP contribution in [0.1, 0.15) is 30.4 Å².